The summed E-state index contributed by atoms with van der Waals surface area (Å²) in [5.41, 5.74) is 1.07. The highest BCUT2D eigenvalue weighted by Crippen LogP contribution is 2.30. The van der Waals surface area contributed by atoms with Crippen LogP contribution in [0.3, 0.4) is 0 Å². The highest BCUT2D eigenvalue weighted by molar-refractivity contribution is 9.10. The Morgan fingerprint density at radius 2 is 1.95 bits per heavy atom. The first-order chi connectivity index (χ1) is 9.11. The molecule has 19 heavy (non-hydrogen) atoms. The molecule has 0 radical (unpaired) electrons. The fourth-order valence-electron chi connectivity index (χ4n) is 2.02. The average Bonchev–Trinajstić information content (AvgIpc) is 2.75. The van der Waals surface area contributed by atoms with Gasteiger partial charge >= 0.3 is 0 Å². The molecule has 0 aliphatic heterocycles. The van der Waals surface area contributed by atoms with Gasteiger partial charge in [-0.3, -0.25) is 0 Å². The van der Waals surface area contributed by atoms with Gasteiger partial charge in [-0.05, 0) is 53.4 Å². The van der Waals surface area contributed by atoms with Crippen LogP contribution in [0.2, 0.25) is 5.02 Å². The molecule has 3 rings (SSSR count). The molecule has 0 fully saturated rings. The van der Waals surface area contributed by atoms with Gasteiger partial charge in [0.2, 0.25) is 0 Å². The zero-order valence-electron chi connectivity index (χ0n) is 9.79. The van der Waals surface area contributed by atoms with Gasteiger partial charge in [-0.1, -0.05) is 27.5 Å². The van der Waals surface area contributed by atoms with Crippen LogP contribution < -0.4 is 0 Å². The van der Waals surface area contributed by atoms with Crippen LogP contribution in [-0.2, 0) is 6.42 Å². The molecule has 0 spiro atoms. The lowest BCUT2D eigenvalue weighted by atomic mass is 10.1. The van der Waals surface area contributed by atoms with Crippen LogP contribution in [0.5, 0.6) is 0 Å². The predicted molar refractivity (Wildman–Crippen MR) is 83.7 cm³/mol. The molecule has 2 aromatic carbocycles. The van der Waals surface area contributed by atoms with Gasteiger partial charge in [-0.25, -0.2) is 4.39 Å². The summed E-state index contributed by atoms with van der Waals surface area (Å²) in [6.07, 6.45) is 0.763. The Morgan fingerprint density at radius 1 is 1.11 bits per heavy atom. The smallest absolute Gasteiger partial charge is 0.123 e. The van der Waals surface area contributed by atoms with Gasteiger partial charge in [0.05, 0.1) is 0 Å². The Labute approximate surface area is 128 Å². The van der Waals surface area contributed by atoms with Gasteiger partial charge in [-0.15, -0.1) is 11.3 Å². The van der Waals surface area contributed by atoms with E-state index in [9.17, 15) is 4.39 Å². The van der Waals surface area contributed by atoms with Crippen molar-refractivity contribution < 1.29 is 4.39 Å². The number of halogens is 3. The standard InChI is InChI=1S/C15H9BrClFS/c16-11-1-3-14(17)9(5-11)7-13-8-10-6-12(18)2-4-15(10)19-13/h1-6,8H,7H2. The molecular weight excluding hydrogens is 347 g/mol. The third-order valence-electron chi connectivity index (χ3n) is 2.90. The summed E-state index contributed by atoms with van der Waals surface area (Å²) >= 11 is 11.3. The second-order valence-corrected chi connectivity index (χ2v) is 6.80. The second-order valence-electron chi connectivity index (χ2n) is 4.31. The van der Waals surface area contributed by atoms with Gasteiger partial charge in [0.1, 0.15) is 5.82 Å². The third-order valence-corrected chi connectivity index (χ3v) is 4.88. The number of benzene rings is 2. The van der Waals surface area contributed by atoms with E-state index in [4.69, 9.17) is 11.6 Å². The van der Waals surface area contributed by atoms with E-state index >= 15 is 0 Å². The molecular formula is C15H9BrClFS. The zero-order chi connectivity index (χ0) is 13.4. The van der Waals surface area contributed by atoms with Crippen molar-refractivity contribution in [3.05, 3.63) is 68.2 Å². The van der Waals surface area contributed by atoms with E-state index < -0.39 is 0 Å². The Hall–Kier alpha value is -0.900. The Morgan fingerprint density at radius 3 is 2.79 bits per heavy atom. The largest absolute Gasteiger partial charge is 0.207 e. The molecule has 0 unspecified atom stereocenters. The van der Waals surface area contributed by atoms with Crippen molar-refractivity contribution in [3.8, 4) is 0 Å². The molecule has 1 aromatic heterocycles. The maximum Gasteiger partial charge on any atom is 0.123 e. The summed E-state index contributed by atoms with van der Waals surface area (Å²) in [6.45, 7) is 0. The Bertz CT molecular complexity index is 751. The minimum absolute atomic E-state index is 0.197. The molecule has 0 aliphatic rings. The summed E-state index contributed by atoms with van der Waals surface area (Å²) in [4.78, 5) is 1.18. The zero-order valence-corrected chi connectivity index (χ0v) is 12.9. The molecule has 1 heterocycles. The van der Waals surface area contributed by atoms with Crippen molar-refractivity contribution in [1.82, 2.24) is 0 Å². The molecule has 0 bridgehead atoms. The normalized spacial score (nSPS) is 11.1. The van der Waals surface area contributed by atoms with E-state index in [2.05, 4.69) is 15.9 Å². The van der Waals surface area contributed by atoms with Crippen LogP contribution >= 0.6 is 38.9 Å². The van der Waals surface area contributed by atoms with E-state index in [1.54, 1.807) is 17.4 Å². The molecule has 0 atom stereocenters. The topological polar surface area (TPSA) is 0 Å². The van der Waals surface area contributed by atoms with Crippen LogP contribution in [0.25, 0.3) is 10.1 Å². The van der Waals surface area contributed by atoms with Gasteiger partial charge in [0.25, 0.3) is 0 Å². The SMILES string of the molecule is Fc1ccc2sc(Cc3cc(Br)ccc3Cl)cc2c1. The summed E-state index contributed by atoms with van der Waals surface area (Å²) in [5.74, 6) is -0.197. The third kappa shape index (κ3) is 2.83. The van der Waals surface area contributed by atoms with E-state index in [-0.39, 0.29) is 5.82 Å². The fourth-order valence-corrected chi connectivity index (χ4v) is 3.68. The molecule has 0 aliphatic carbocycles. The second kappa shape index (κ2) is 5.23. The number of thiophene rings is 1. The lowest BCUT2D eigenvalue weighted by Crippen LogP contribution is -1.86. The molecule has 3 aromatic rings. The van der Waals surface area contributed by atoms with Crippen LogP contribution in [-0.4, -0.2) is 0 Å². The molecule has 0 amide bonds. The lowest BCUT2D eigenvalue weighted by molar-refractivity contribution is 0.630. The van der Waals surface area contributed by atoms with Crippen molar-refractivity contribution >= 4 is 49.0 Å². The van der Waals surface area contributed by atoms with Crippen LogP contribution in [0.1, 0.15) is 10.4 Å². The van der Waals surface area contributed by atoms with Gasteiger partial charge in [-0.2, -0.15) is 0 Å². The molecule has 4 heteroatoms. The first-order valence-corrected chi connectivity index (χ1v) is 7.72. The van der Waals surface area contributed by atoms with Crippen molar-refractivity contribution in [3.63, 3.8) is 0 Å². The molecule has 0 nitrogen and oxygen atoms in total. The van der Waals surface area contributed by atoms with E-state index in [0.717, 1.165) is 31.6 Å². The van der Waals surface area contributed by atoms with E-state index in [1.165, 1.54) is 10.9 Å². The number of hydrogen-bond donors (Lipinski definition) is 0. The van der Waals surface area contributed by atoms with Crippen LogP contribution in [0.4, 0.5) is 4.39 Å². The average molecular weight is 356 g/mol. The Kier molecular flexibility index (Phi) is 3.61. The monoisotopic (exact) mass is 354 g/mol. The molecule has 96 valence electrons. The van der Waals surface area contributed by atoms with E-state index in [1.807, 2.05) is 30.3 Å². The minimum atomic E-state index is -0.197. The summed E-state index contributed by atoms with van der Waals surface area (Å²) < 4.78 is 15.3. The van der Waals surface area contributed by atoms with Gasteiger partial charge in [0, 0.05) is 25.5 Å². The maximum atomic E-state index is 13.2. The van der Waals surface area contributed by atoms with Crippen molar-refractivity contribution in [2.45, 2.75) is 6.42 Å². The first-order valence-electron chi connectivity index (χ1n) is 5.74. The number of rotatable bonds is 2. The number of hydrogen-bond acceptors (Lipinski definition) is 1. The highest BCUT2D eigenvalue weighted by atomic mass is 79.9. The molecule has 0 saturated heterocycles. The van der Waals surface area contributed by atoms with Crippen molar-refractivity contribution in [2.24, 2.45) is 0 Å². The van der Waals surface area contributed by atoms with Crippen LogP contribution in [0, 0.1) is 5.82 Å². The summed E-state index contributed by atoms with van der Waals surface area (Å²) in [5, 5.41) is 1.71. The van der Waals surface area contributed by atoms with E-state index in [0.29, 0.717) is 0 Å². The quantitative estimate of drug-likeness (QED) is 0.525. The van der Waals surface area contributed by atoms with Gasteiger partial charge in [0.15, 0.2) is 0 Å². The summed E-state index contributed by atoms with van der Waals surface area (Å²) in [7, 11) is 0. The minimum Gasteiger partial charge on any atom is -0.207 e. The predicted octanol–water partition coefficient (Wildman–Crippen LogP) is 6.05. The Balaban J connectivity index is 1.98. The highest BCUT2D eigenvalue weighted by Gasteiger charge is 2.07. The van der Waals surface area contributed by atoms with Crippen molar-refractivity contribution in [1.29, 1.82) is 0 Å². The summed E-state index contributed by atoms with van der Waals surface area (Å²) in [6, 6.07) is 12.7. The fraction of sp³-hybridized carbons (Fsp3) is 0.0667. The van der Waals surface area contributed by atoms with Gasteiger partial charge < -0.3 is 0 Å². The number of fused-ring (bicyclic) bond motifs is 1. The maximum absolute atomic E-state index is 13.2. The molecule has 0 saturated carbocycles. The first kappa shape index (κ1) is 13.1. The lowest BCUT2D eigenvalue weighted by Gasteiger charge is -2.02. The van der Waals surface area contributed by atoms with Crippen molar-refractivity contribution in [2.75, 3.05) is 0 Å². The molecule has 0 N–H and O–H groups in total. The van der Waals surface area contributed by atoms with Crippen LogP contribution in [0.15, 0.2) is 46.9 Å².